The zero-order valence-corrected chi connectivity index (χ0v) is 6.15. The predicted octanol–water partition coefficient (Wildman–Crippen LogP) is -0.0880. The molecular formula is C5H12ClNO2. The van der Waals surface area contributed by atoms with Crippen LogP contribution in [-0.2, 0) is 4.79 Å². The lowest BCUT2D eigenvalue weighted by molar-refractivity contribution is -0.123. The Morgan fingerprint density at radius 1 is 1.78 bits per heavy atom. The highest BCUT2D eigenvalue weighted by Crippen LogP contribution is 1.97. The molecule has 0 saturated heterocycles. The van der Waals surface area contributed by atoms with Crippen LogP contribution in [0.4, 0.5) is 0 Å². The summed E-state index contributed by atoms with van der Waals surface area (Å²) >= 11 is 0. The second kappa shape index (κ2) is 5.85. The third-order valence-electron chi connectivity index (χ3n) is 1.12. The molecule has 0 bridgehead atoms. The molecule has 1 unspecified atom stereocenters. The Kier molecular flexibility index (Phi) is 7.48. The van der Waals surface area contributed by atoms with Gasteiger partial charge >= 0.3 is 0 Å². The fourth-order valence-corrected chi connectivity index (χ4v) is 0.420. The minimum Gasteiger partial charge on any atom is -0.396 e. The van der Waals surface area contributed by atoms with Gasteiger partial charge < -0.3 is 10.8 Å². The van der Waals surface area contributed by atoms with Crippen molar-refractivity contribution in [2.24, 2.45) is 11.7 Å². The largest absolute Gasteiger partial charge is 0.396 e. The van der Waals surface area contributed by atoms with E-state index in [9.17, 15) is 4.79 Å². The molecule has 0 spiro atoms. The van der Waals surface area contributed by atoms with Gasteiger partial charge in [0.05, 0.1) is 12.5 Å². The van der Waals surface area contributed by atoms with E-state index in [2.05, 4.69) is 0 Å². The first-order valence-corrected chi connectivity index (χ1v) is 2.62. The van der Waals surface area contributed by atoms with Crippen LogP contribution < -0.4 is 5.73 Å². The average Bonchev–Trinajstić information content (AvgIpc) is 1.69. The Labute approximate surface area is 60.6 Å². The number of hydrogen-bond acceptors (Lipinski definition) is 2. The van der Waals surface area contributed by atoms with Gasteiger partial charge in [-0.3, -0.25) is 4.79 Å². The van der Waals surface area contributed by atoms with Crippen molar-refractivity contribution >= 4 is 18.3 Å². The summed E-state index contributed by atoms with van der Waals surface area (Å²) in [5.41, 5.74) is 4.86. The fourth-order valence-electron chi connectivity index (χ4n) is 0.420. The maximum Gasteiger partial charge on any atom is 0.222 e. The standard InChI is InChI=1S/C5H11NO2.ClH/c1-2-4(3-7)5(6)8;/h4,7H,2-3H2,1H3,(H2,6,8);1H. The van der Waals surface area contributed by atoms with E-state index in [4.69, 9.17) is 10.8 Å². The first kappa shape index (κ1) is 11.5. The number of aliphatic hydroxyl groups excluding tert-OH is 1. The van der Waals surface area contributed by atoms with Crippen molar-refractivity contribution in [1.82, 2.24) is 0 Å². The molecule has 0 saturated carbocycles. The van der Waals surface area contributed by atoms with Crippen molar-refractivity contribution in [3.63, 3.8) is 0 Å². The van der Waals surface area contributed by atoms with Gasteiger partial charge in [-0.15, -0.1) is 12.4 Å². The van der Waals surface area contributed by atoms with Gasteiger partial charge in [0.1, 0.15) is 0 Å². The van der Waals surface area contributed by atoms with E-state index >= 15 is 0 Å². The molecule has 0 heterocycles. The highest BCUT2D eigenvalue weighted by molar-refractivity contribution is 5.85. The Hall–Kier alpha value is -0.280. The van der Waals surface area contributed by atoms with Crippen molar-refractivity contribution in [3.8, 4) is 0 Å². The average molecular weight is 154 g/mol. The minimum atomic E-state index is -0.421. The molecule has 0 radical (unpaired) electrons. The molecule has 0 aromatic rings. The quantitative estimate of drug-likeness (QED) is 0.596. The number of aliphatic hydroxyl groups is 1. The van der Waals surface area contributed by atoms with Gasteiger partial charge in [0, 0.05) is 0 Å². The van der Waals surface area contributed by atoms with Crippen molar-refractivity contribution in [2.75, 3.05) is 6.61 Å². The van der Waals surface area contributed by atoms with Crippen LogP contribution in [0.3, 0.4) is 0 Å². The van der Waals surface area contributed by atoms with Gasteiger partial charge in [0.2, 0.25) is 5.91 Å². The van der Waals surface area contributed by atoms with Crippen LogP contribution in [-0.4, -0.2) is 17.6 Å². The molecule has 56 valence electrons. The van der Waals surface area contributed by atoms with Crippen LogP contribution in [0, 0.1) is 5.92 Å². The topological polar surface area (TPSA) is 63.3 Å². The van der Waals surface area contributed by atoms with E-state index < -0.39 is 5.91 Å². The number of carbonyl (C=O) groups is 1. The van der Waals surface area contributed by atoms with Gasteiger partial charge in [-0.2, -0.15) is 0 Å². The van der Waals surface area contributed by atoms with Crippen LogP contribution >= 0.6 is 12.4 Å². The van der Waals surface area contributed by atoms with Gasteiger partial charge in [0.25, 0.3) is 0 Å². The molecule has 1 atom stereocenters. The number of halogens is 1. The van der Waals surface area contributed by atoms with E-state index in [1.807, 2.05) is 6.92 Å². The van der Waals surface area contributed by atoms with E-state index in [-0.39, 0.29) is 24.9 Å². The highest BCUT2D eigenvalue weighted by Gasteiger charge is 2.09. The number of nitrogens with two attached hydrogens (primary N) is 1. The van der Waals surface area contributed by atoms with Crippen molar-refractivity contribution < 1.29 is 9.90 Å². The third kappa shape index (κ3) is 4.24. The van der Waals surface area contributed by atoms with Gasteiger partial charge in [0.15, 0.2) is 0 Å². The maximum absolute atomic E-state index is 10.2. The lowest BCUT2D eigenvalue weighted by atomic mass is 10.1. The zero-order valence-electron chi connectivity index (χ0n) is 5.33. The summed E-state index contributed by atoms with van der Waals surface area (Å²) in [5.74, 6) is -0.773. The smallest absolute Gasteiger partial charge is 0.222 e. The number of carbonyl (C=O) groups excluding carboxylic acids is 1. The fraction of sp³-hybridized carbons (Fsp3) is 0.800. The summed E-state index contributed by atoms with van der Waals surface area (Å²) in [6, 6.07) is 0. The number of hydrogen-bond donors (Lipinski definition) is 2. The van der Waals surface area contributed by atoms with Crippen molar-refractivity contribution in [1.29, 1.82) is 0 Å². The molecule has 0 aliphatic rings. The molecular weight excluding hydrogens is 142 g/mol. The van der Waals surface area contributed by atoms with E-state index in [1.165, 1.54) is 0 Å². The molecule has 0 aromatic carbocycles. The summed E-state index contributed by atoms with van der Waals surface area (Å²) in [6.45, 7) is 1.68. The summed E-state index contributed by atoms with van der Waals surface area (Å²) in [5, 5.41) is 8.40. The molecule has 3 N–H and O–H groups in total. The normalized spacial score (nSPS) is 11.8. The Balaban J connectivity index is 0. The third-order valence-corrected chi connectivity index (χ3v) is 1.12. The maximum atomic E-state index is 10.2. The van der Waals surface area contributed by atoms with Crippen LogP contribution in [0.15, 0.2) is 0 Å². The van der Waals surface area contributed by atoms with Gasteiger partial charge in [-0.05, 0) is 6.42 Å². The van der Waals surface area contributed by atoms with Crippen molar-refractivity contribution in [2.45, 2.75) is 13.3 Å². The Bertz CT molecular complexity index is 83.0. The SMILES string of the molecule is CCC(CO)C(N)=O.Cl. The van der Waals surface area contributed by atoms with Crippen LogP contribution in [0.5, 0.6) is 0 Å². The molecule has 3 nitrogen and oxygen atoms in total. The summed E-state index contributed by atoms with van der Waals surface area (Å²) in [4.78, 5) is 10.2. The predicted molar refractivity (Wildman–Crippen MR) is 37.3 cm³/mol. The van der Waals surface area contributed by atoms with Crippen molar-refractivity contribution in [3.05, 3.63) is 0 Å². The van der Waals surface area contributed by atoms with E-state index in [1.54, 1.807) is 0 Å². The lowest BCUT2D eigenvalue weighted by Gasteiger charge is -2.03. The Morgan fingerprint density at radius 2 is 2.22 bits per heavy atom. The number of rotatable bonds is 3. The molecule has 4 heteroatoms. The molecule has 0 aliphatic carbocycles. The molecule has 0 aliphatic heterocycles. The zero-order chi connectivity index (χ0) is 6.57. The molecule has 1 amide bonds. The van der Waals surface area contributed by atoms with Crippen LogP contribution in [0.25, 0.3) is 0 Å². The van der Waals surface area contributed by atoms with Crippen LogP contribution in [0.2, 0.25) is 0 Å². The van der Waals surface area contributed by atoms with E-state index in [0.717, 1.165) is 0 Å². The minimum absolute atomic E-state index is 0. The number of primary amides is 1. The Morgan fingerprint density at radius 3 is 2.22 bits per heavy atom. The van der Waals surface area contributed by atoms with Gasteiger partial charge in [-0.25, -0.2) is 0 Å². The summed E-state index contributed by atoms with van der Waals surface area (Å²) in [6.07, 6.45) is 0.617. The lowest BCUT2D eigenvalue weighted by Crippen LogP contribution is -2.25. The number of amides is 1. The monoisotopic (exact) mass is 153 g/mol. The van der Waals surface area contributed by atoms with E-state index in [0.29, 0.717) is 6.42 Å². The molecule has 0 rings (SSSR count). The second-order valence-corrected chi connectivity index (χ2v) is 1.69. The summed E-state index contributed by atoms with van der Waals surface area (Å²) < 4.78 is 0. The summed E-state index contributed by atoms with van der Waals surface area (Å²) in [7, 11) is 0. The first-order valence-electron chi connectivity index (χ1n) is 2.62. The first-order chi connectivity index (χ1) is 3.72. The molecule has 0 aromatic heterocycles. The molecule has 9 heavy (non-hydrogen) atoms. The van der Waals surface area contributed by atoms with Gasteiger partial charge in [-0.1, -0.05) is 6.92 Å². The van der Waals surface area contributed by atoms with Crippen LogP contribution in [0.1, 0.15) is 13.3 Å². The highest BCUT2D eigenvalue weighted by atomic mass is 35.5. The molecule has 0 fully saturated rings. The second-order valence-electron chi connectivity index (χ2n) is 1.69.